The van der Waals surface area contributed by atoms with Crippen LogP contribution in [0.15, 0.2) is 30.3 Å². The van der Waals surface area contributed by atoms with Gasteiger partial charge in [-0.05, 0) is 44.6 Å². The van der Waals surface area contributed by atoms with Gasteiger partial charge in [0.15, 0.2) is 0 Å². The van der Waals surface area contributed by atoms with Crippen molar-refractivity contribution in [2.45, 2.75) is 102 Å². The first-order valence-corrected chi connectivity index (χ1v) is 17.3. The summed E-state index contributed by atoms with van der Waals surface area (Å²) in [5.74, 6) is -3.53. The molecule has 13 heteroatoms. The standard InChI is InChI=1S/C30H44N5O7P/c1-3-4-12-22-27(37)31-20(2)30(40)35-17-9-14-24(35)29(39)33-25(19-21-10-6-5-7-11-21)43(41,42)18-15-26(36)34-16-8-13-23(34)28(38)32-22/h5-7,10-11,20,22-25H,3-4,8-9,12-19H2,1-2H3,(H,31,37)(H,32,38)(H,33,39)(H,41,42)/t20-,22-,23+,24-,25-/m0/s1. The maximum atomic E-state index is 13.8. The van der Waals surface area contributed by atoms with Crippen LogP contribution >= 0.6 is 7.37 Å². The van der Waals surface area contributed by atoms with Gasteiger partial charge in [-0.15, -0.1) is 0 Å². The summed E-state index contributed by atoms with van der Waals surface area (Å²) in [7, 11) is -4.14. The molecule has 236 valence electrons. The summed E-state index contributed by atoms with van der Waals surface area (Å²) in [6.07, 6.45) is 3.16. The monoisotopic (exact) mass is 617 g/mol. The number of hydrogen-bond acceptors (Lipinski definition) is 6. The SMILES string of the molecule is CCCC[C@@H]1NC(=O)[C@H]2CCCN2C(=O)CCP(=O)(O)[C@@H](Cc2ccccc2)NC(=O)[C@@H]2CCCN2C(=O)[C@H](C)NC1=O. The number of nitrogens with one attached hydrogen (secondary N) is 3. The van der Waals surface area contributed by atoms with Crippen molar-refractivity contribution in [1.82, 2.24) is 25.8 Å². The number of carbonyl (C=O) groups excluding carboxylic acids is 5. The van der Waals surface area contributed by atoms with Crippen molar-refractivity contribution in [3.05, 3.63) is 35.9 Å². The van der Waals surface area contributed by atoms with E-state index in [1.807, 2.05) is 13.0 Å². The summed E-state index contributed by atoms with van der Waals surface area (Å²) in [6, 6.07) is 5.46. The van der Waals surface area contributed by atoms with Gasteiger partial charge in [0.25, 0.3) is 0 Å². The minimum absolute atomic E-state index is 0.0650. The molecule has 43 heavy (non-hydrogen) atoms. The lowest BCUT2D eigenvalue weighted by Crippen LogP contribution is -2.57. The van der Waals surface area contributed by atoms with Crippen LogP contribution in [0.4, 0.5) is 0 Å². The van der Waals surface area contributed by atoms with Gasteiger partial charge in [-0.1, -0.05) is 50.1 Å². The summed E-state index contributed by atoms with van der Waals surface area (Å²) >= 11 is 0. The van der Waals surface area contributed by atoms with Gasteiger partial charge in [-0.2, -0.15) is 0 Å². The number of fused-ring (bicyclic) bond motifs is 2. The molecule has 3 aliphatic rings. The lowest BCUT2D eigenvalue weighted by atomic mass is 10.1. The second kappa shape index (κ2) is 14.5. The average Bonchev–Trinajstić information content (AvgIpc) is 3.68. The molecule has 0 aromatic heterocycles. The van der Waals surface area contributed by atoms with Gasteiger partial charge in [0.05, 0.1) is 0 Å². The maximum Gasteiger partial charge on any atom is 0.245 e. The lowest BCUT2D eigenvalue weighted by Gasteiger charge is -2.32. The summed E-state index contributed by atoms with van der Waals surface area (Å²) in [6.45, 7) is 4.14. The summed E-state index contributed by atoms with van der Waals surface area (Å²) in [5.41, 5.74) is 0.736. The van der Waals surface area contributed by atoms with Gasteiger partial charge >= 0.3 is 0 Å². The first-order chi connectivity index (χ1) is 20.5. The van der Waals surface area contributed by atoms with Crippen LogP contribution in [-0.2, 0) is 35.0 Å². The van der Waals surface area contributed by atoms with E-state index in [1.165, 1.54) is 9.80 Å². The van der Waals surface area contributed by atoms with E-state index in [-0.39, 0.29) is 19.0 Å². The number of nitrogens with zero attached hydrogens (tertiary/aromatic N) is 2. The molecule has 0 saturated carbocycles. The third-order valence-electron chi connectivity index (χ3n) is 8.64. The van der Waals surface area contributed by atoms with E-state index in [9.17, 15) is 33.4 Å². The van der Waals surface area contributed by atoms with Crippen LogP contribution < -0.4 is 16.0 Å². The number of rotatable bonds is 5. The molecule has 12 nitrogen and oxygen atoms in total. The Hall–Kier alpha value is -3.24. The molecular weight excluding hydrogens is 573 g/mol. The van der Waals surface area contributed by atoms with Crippen molar-refractivity contribution in [3.63, 3.8) is 0 Å². The van der Waals surface area contributed by atoms with E-state index in [4.69, 9.17) is 0 Å². The molecule has 0 spiro atoms. The van der Waals surface area contributed by atoms with Crippen LogP contribution in [0.1, 0.15) is 70.8 Å². The van der Waals surface area contributed by atoms with Crippen LogP contribution in [0.3, 0.4) is 0 Å². The van der Waals surface area contributed by atoms with Gasteiger partial charge in [0.1, 0.15) is 30.0 Å². The predicted molar refractivity (Wildman–Crippen MR) is 160 cm³/mol. The quantitative estimate of drug-likeness (QED) is 0.364. The number of carbonyl (C=O) groups is 5. The molecule has 1 aromatic rings. The first kappa shape index (κ1) is 32.7. The van der Waals surface area contributed by atoms with Crippen molar-refractivity contribution in [2.75, 3.05) is 19.3 Å². The molecule has 3 heterocycles. The second-order valence-electron chi connectivity index (χ2n) is 11.8. The fourth-order valence-electron chi connectivity index (χ4n) is 6.16. The highest BCUT2D eigenvalue weighted by atomic mass is 31.2. The zero-order valence-corrected chi connectivity index (χ0v) is 25.9. The molecule has 4 N–H and O–H groups in total. The fourth-order valence-corrected chi connectivity index (χ4v) is 7.81. The van der Waals surface area contributed by atoms with Gasteiger partial charge in [-0.3, -0.25) is 28.5 Å². The van der Waals surface area contributed by atoms with Gasteiger partial charge in [-0.25, -0.2) is 0 Å². The zero-order chi connectivity index (χ0) is 31.1. The van der Waals surface area contributed by atoms with E-state index in [0.717, 1.165) is 12.0 Å². The summed E-state index contributed by atoms with van der Waals surface area (Å²) in [5, 5.41) is 8.27. The largest absolute Gasteiger partial charge is 0.343 e. The Kier molecular flexibility index (Phi) is 11.0. The number of unbranched alkanes of at least 4 members (excludes halogenated alkanes) is 1. The Labute approximate surface area is 252 Å². The Bertz CT molecular complexity index is 1240. The molecule has 1 aromatic carbocycles. The topological polar surface area (TPSA) is 165 Å². The average molecular weight is 618 g/mol. The number of benzene rings is 1. The highest BCUT2D eigenvalue weighted by molar-refractivity contribution is 7.58. The first-order valence-electron chi connectivity index (χ1n) is 15.4. The summed E-state index contributed by atoms with van der Waals surface area (Å²) < 4.78 is 13.8. The highest BCUT2D eigenvalue weighted by Crippen LogP contribution is 2.47. The molecule has 6 atom stereocenters. The van der Waals surface area contributed by atoms with E-state index in [0.29, 0.717) is 51.6 Å². The normalized spacial score (nSPS) is 31.4. The van der Waals surface area contributed by atoms with Gasteiger partial charge in [0, 0.05) is 32.1 Å². The minimum atomic E-state index is -4.14. The van der Waals surface area contributed by atoms with Crippen molar-refractivity contribution in [3.8, 4) is 0 Å². The molecule has 1 unspecified atom stereocenters. The minimum Gasteiger partial charge on any atom is -0.343 e. The molecule has 3 saturated heterocycles. The van der Waals surface area contributed by atoms with E-state index >= 15 is 0 Å². The third-order valence-corrected chi connectivity index (χ3v) is 10.8. The Morgan fingerprint density at radius 2 is 1.51 bits per heavy atom. The van der Waals surface area contributed by atoms with E-state index in [1.54, 1.807) is 31.2 Å². The molecular formula is C30H44N5O7P. The third kappa shape index (κ3) is 8.03. The number of amides is 5. The van der Waals surface area contributed by atoms with Crippen molar-refractivity contribution < 1.29 is 33.4 Å². The van der Waals surface area contributed by atoms with Gasteiger partial charge in [0.2, 0.25) is 36.9 Å². The van der Waals surface area contributed by atoms with Crippen molar-refractivity contribution >= 4 is 36.9 Å². The van der Waals surface area contributed by atoms with Crippen LogP contribution in [0.2, 0.25) is 0 Å². The van der Waals surface area contributed by atoms with E-state index in [2.05, 4.69) is 16.0 Å². The van der Waals surface area contributed by atoms with Crippen LogP contribution in [-0.4, -0.2) is 93.4 Å². The highest BCUT2D eigenvalue weighted by Gasteiger charge is 2.42. The predicted octanol–water partition coefficient (Wildman–Crippen LogP) is 1.51. The van der Waals surface area contributed by atoms with Crippen LogP contribution in [0.5, 0.6) is 0 Å². The summed E-state index contributed by atoms with van der Waals surface area (Å²) in [4.78, 5) is 81.1. The van der Waals surface area contributed by atoms with Crippen LogP contribution in [0.25, 0.3) is 0 Å². The molecule has 3 fully saturated rings. The Morgan fingerprint density at radius 3 is 2.19 bits per heavy atom. The second-order valence-corrected chi connectivity index (χ2v) is 14.4. The van der Waals surface area contributed by atoms with Crippen LogP contribution in [0, 0.1) is 0 Å². The molecule has 0 bridgehead atoms. The zero-order valence-electron chi connectivity index (χ0n) is 25.0. The Morgan fingerprint density at radius 1 is 0.884 bits per heavy atom. The molecule has 5 amide bonds. The molecule has 0 radical (unpaired) electrons. The molecule has 0 aliphatic carbocycles. The van der Waals surface area contributed by atoms with E-state index < -0.39 is 66.9 Å². The smallest absolute Gasteiger partial charge is 0.245 e. The van der Waals surface area contributed by atoms with Gasteiger partial charge < -0.3 is 30.6 Å². The molecule has 4 rings (SSSR count). The lowest BCUT2D eigenvalue weighted by molar-refractivity contribution is -0.142. The van der Waals surface area contributed by atoms with Crippen molar-refractivity contribution in [2.24, 2.45) is 0 Å². The van der Waals surface area contributed by atoms with Crippen molar-refractivity contribution in [1.29, 1.82) is 0 Å². The maximum absolute atomic E-state index is 13.8. The molecule has 3 aliphatic heterocycles. The Balaban J connectivity index is 1.65. The fraction of sp³-hybridized carbons (Fsp3) is 0.633. The number of hydrogen-bond donors (Lipinski definition) is 4.